The van der Waals surface area contributed by atoms with Crippen molar-refractivity contribution in [3.63, 3.8) is 0 Å². The van der Waals surface area contributed by atoms with Gasteiger partial charge in [0.25, 0.3) is 0 Å². The van der Waals surface area contributed by atoms with Gasteiger partial charge < -0.3 is 16.0 Å². The van der Waals surface area contributed by atoms with Gasteiger partial charge in [0, 0.05) is 53.9 Å². The maximum absolute atomic E-state index is 13.4. The van der Waals surface area contributed by atoms with Crippen molar-refractivity contribution in [2.24, 2.45) is 0 Å². The lowest BCUT2D eigenvalue weighted by Gasteiger charge is -2.31. The topological polar surface area (TPSA) is 83.1 Å². The Bertz CT molecular complexity index is 1140. The maximum Gasteiger partial charge on any atom is 0.250 e. The summed E-state index contributed by atoms with van der Waals surface area (Å²) in [7, 11) is 0. The predicted molar refractivity (Wildman–Crippen MR) is 132 cm³/mol. The second-order valence-corrected chi connectivity index (χ2v) is 8.26. The van der Waals surface area contributed by atoms with Crippen molar-refractivity contribution in [3.05, 3.63) is 124 Å². The largest absolute Gasteiger partial charge is 0.362 e. The molecule has 0 spiro atoms. The fourth-order valence-electron chi connectivity index (χ4n) is 4.22. The summed E-state index contributed by atoms with van der Waals surface area (Å²) in [6.07, 6.45) is 3.40. The van der Waals surface area contributed by atoms with Crippen molar-refractivity contribution in [2.75, 3.05) is 0 Å². The molecule has 2 aromatic carbocycles. The van der Waals surface area contributed by atoms with Crippen LogP contribution in [0, 0.1) is 0 Å². The second kappa shape index (κ2) is 10.6. The molecule has 0 bridgehead atoms. The number of amides is 2. The Hall–Kier alpha value is -4.19. The number of dihydropyridines is 1. The Kier molecular flexibility index (Phi) is 7.18. The first-order valence-corrected chi connectivity index (χ1v) is 11.3. The molecule has 0 radical (unpaired) electrons. The summed E-state index contributed by atoms with van der Waals surface area (Å²) in [5.74, 6) is -0.978. The number of hydrogen-bond acceptors (Lipinski definition) is 4. The molecular formula is C28H28N4O2. The number of pyridine rings is 1. The van der Waals surface area contributed by atoms with E-state index in [1.54, 1.807) is 12.4 Å². The van der Waals surface area contributed by atoms with E-state index < -0.39 is 5.92 Å². The Balaban J connectivity index is 1.63. The monoisotopic (exact) mass is 452 g/mol. The Morgan fingerprint density at radius 3 is 1.71 bits per heavy atom. The molecule has 6 heteroatoms. The molecule has 1 aliphatic rings. The third-order valence-electron chi connectivity index (χ3n) is 5.86. The number of benzene rings is 2. The molecular weight excluding hydrogens is 424 g/mol. The lowest BCUT2D eigenvalue weighted by atomic mass is 9.80. The number of nitrogens with zero attached hydrogens (tertiary/aromatic N) is 1. The van der Waals surface area contributed by atoms with Crippen LogP contribution in [0.4, 0.5) is 0 Å². The van der Waals surface area contributed by atoms with E-state index in [0.717, 1.165) is 28.1 Å². The van der Waals surface area contributed by atoms with E-state index in [2.05, 4.69) is 20.9 Å². The molecule has 0 aliphatic carbocycles. The van der Waals surface area contributed by atoms with Crippen molar-refractivity contribution in [1.29, 1.82) is 0 Å². The number of carbonyl (C=O) groups is 2. The summed E-state index contributed by atoms with van der Waals surface area (Å²) in [4.78, 5) is 31.1. The van der Waals surface area contributed by atoms with E-state index in [4.69, 9.17) is 0 Å². The zero-order chi connectivity index (χ0) is 23.9. The fraction of sp³-hybridized carbons (Fsp3) is 0.179. The van der Waals surface area contributed by atoms with Gasteiger partial charge in [-0.2, -0.15) is 0 Å². The van der Waals surface area contributed by atoms with Crippen molar-refractivity contribution >= 4 is 11.8 Å². The SMILES string of the molecule is CC1=C(C(=O)NCc2ccccc2)C(c2cccnc2)C(C(=O)NCc2ccccc2)=C(C)N1. The smallest absolute Gasteiger partial charge is 0.250 e. The Labute approximate surface area is 199 Å². The highest BCUT2D eigenvalue weighted by molar-refractivity contribution is 6.03. The molecule has 1 aliphatic heterocycles. The van der Waals surface area contributed by atoms with Gasteiger partial charge in [-0.15, -0.1) is 0 Å². The van der Waals surface area contributed by atoms with Crippen LogP contribution in [0.15, 0.2) is 108 Å². The average molecular weight is 453 g/mol. The molecule has 6 nitrogen and oxygen atoms in total. The minimum Gasteiger partial charge on any atom is -0.362 e. The molecule has 1 aromatic heterocycles. The van der Waals surface area contributed by atoms with Crippen molar-refractivity contribution in [1.82, 2.24) is 20.9 Å². The first-order chi connectivity index (χ1) is 16.5. The summed E-state index contributed by atoms with van der Waals surface area (Å²) in [6.45, 7) is 4.52. The molecule has 0 saturated heterocycles. The standard InChI is InChI=1S/C28H28N4O2/c1-19-24(27(33)30-16-21-10-5-3-6-11-21)26(23-14-9-15-29-18-23)25(20(2)32-19)28(34)31-17-22-12-7-4-8-13-22/h3-15,18,26,32H,16-17H2,1-2H3,(H,30,33)(H,31,34). The summed E-state index contributed by atoms with van der Waals surface area (Å²) in [5, 5.41) is 9.29. The van der Waals surface area contributed by atoms with Crippen LogP contribution < -0.4 is 16.0 Å². The van der Waals surface area contributed by atoms with Crippen LogP contribution in [0.3, 0.4) is 0 Å². The molecule has 3 aromatic rings. The third-order valence-corrected chi connectivity index (χ3v) is 5.86. The Morgan fingerprint density at radius 1 is 0.765 bits per heavy atom. The van der Waals surface area contributed by atoms with E-state index in [1.165, 1.54) is 0 Å². The van der Waals surface area contributed by atoms with Crippen molar-refractivity contribution in [3.8, 4) is 0 Å². The molecule has 0 atom stereocenters. The van der Waals surface area contributed by atoms with Crippen LogP contribution in [0.1, 0.15) is 36.5 Å². The van der Waals surface area contributed by atoms with E-state index in [9.17, 15) is 9.59 Å². The van der Waals surface area contributed by atoms with Gasteiger partial charge in [0.2, 0.25) is 11.8 Å². The third kappa shape index (κ3) is 5.23. The Morgan fingerprint density at radius 2 is 1.26 bits per heavy atom. The molecule has 2 heterocycles. The number of rotatable bonds is 7. The maximum atomic E-state index is 13.4. The lowest BCUT2D eigenvalue weighted by Crippen LogP contribution is -2.38. The second-order valence-electron chi connectivity index (χ2n) is 8.26. The summed E-state index contributed by atoms with van der Waals surface area (Å²) < 4.78 is 0. The molecule has 3 N–H and O–H groups in total. The van der Waals surface area contributed by atoms with E-state index in [0.29, 0.717) is 24.2 Å². The van der Waals surface area contributed by atoms with Gasteiger partial charge in [0.05, 0.1) is 0 Å². The molecule has 4 rings (SSSR count). The van der Waals surface area contributed by atoms with Crippen LogP contribution in [0.5, 0.6) is 0 Å². The van der Waals surface area contributed by atoms with E-state index in [-0.39, 0.29) is 11.8 Å². The summed E-state index contributed by atoms with van der Waals surface area (Å²) in [5.41, 5.74) is 5.26. The first-order valence-electron chi connectivity index (χ1n) is 11.3. The average Bonchev–Trinajstić information content (AvgIpc) is 2.87. The van der Waals surface area contributed by atoms with Crippen LogP contribution >= 0.6 is 0 Å². The van der Waals surface area contributed by atoms with Gasteiger partial charge in [-0.25, -0.2) is 0 Å². The number of nitrogens with one attached hydrogen (secondary N) is 3. The van der Waals surface area contributed by atoms with Crippen LogP contribution in [-0.4, -0.2) is 16.8 Å². The highest BCUT2D eigenvalue weighted by atomic mass is 16.2. The van der Waals surface area contributed by atoms with Gasteiger partial charge >= 0.3 is 0 Å². The van der Waals surface area contributed by atoms with Crippen LogP contribution in [0.2, 0.25) is 0 Å². The van der Waals surface area contributed by atoms with Crippen LogP contribution in [-0.2, 0) is 22.7 Å². The zero-order valence-electron chi connectivity index (χ0n) is 19.3. The molecule has 0 fully saturated rings. The fourth-order valence-corrected chi connectivity index (χ4v) is 4.22. The molecule has 2 amide bonds. The molecule has 0 saturated carbocycles. The normalized spacial score (nSPS) is 13.9. The molecule has 0 unspecified atom stereocenters. The number of allylic oxidation sites excluding steroid dienone is 2. The number of aromatic nitrogens is 1. The van der Waals surface area contributed by atoms with Gasteiger partial charge in [0.15, 0.2) is 0 Å². The minimum atomic E-state index is -0.540. The quantitative estimate of drug-likeness (QED) is 0.507. The van der Waals surface area contributed by atoms with Crippen molar-refractivity contribution in [2.45, 2.75) is 32.9 Å². The highest BCUT2D eigenvalue weighted by Crippen LogP contribution is 2.38. The molecule has 34 heavy (non-hydrogen) atoms. The number of carbonyl (C=O) groups excluding carboxylic acids is 2. The van der Waals surface area contributed by atoms with Crippen LogP contribution in [0.25, 0.3) is 0 Å². The number of hydrogen-bond donors (Lipinski definition) is 3. The van der Waals surface area contributed by atoms with E-state index in [1.807, 2.05) is 86.6 Å². The lowest BCUT2D eigenvalue weighted by molar-refractivity contribution is -0.118. The van der Waals surface area contributed by atoms with Gasteiger partial charge in [-0.1, -0.05) is 66.7 Å². The van der Waals surface area contributed by atoms with Crippen molar-refractivity contribution < 1.29 is 9.59 Å². The summed E-state index contributed by atoms with van der Waals surface area (Å²) >= 11 is 0. The van der Waals surface area contributed by atoms with E-state index >= 15 is 0 Å². The van der Waals surface area contributed by atoms with Gasteiger partial charge in [-0.05, 0) is 36.6 Å². The minimum absolute atomic E-state index is 0.219. The molecule has 172 valence electrons. The predicted octanol–water partition coefficient (Wildman–Crippen LogP) is 3.95. The highest BCUT2D eigenvalue weighted by Gasteiger charge is 2.36. The summed E-state index contributed by atoms with van der Waals surface area (Å²) in [6, 6.07) is 23.2. The van der Waals surface area contributed by atoms with Gasteiger partial charge in [-0.3, -0.25) is 14.6 Å². The zero-order valence-corrected chi connectivity index (χ0v) is 19.3. The first kappa shape index (κ1) is 23.0. The van der Waals surface area contributed by atoms with Gasteiger partial charge in [0.1, 0.15) is 0 Å².